The van der Waals surface area contributed by atoms with E-state index in [9.17, 15) is 9.59 Å². The average molecular weight is 320 g/mol. The standard InChI is InChI=1S/C17H12N4O3/c22-15(20-11-4-3-7-18-8-11)10-21-16-12-5-1-2-6-14(12)24-17(23)13(16)9-19-21/h1-9H,10H2,(H,20,22). The number of carbonyl (C=O) groups excluding carboxylic acids is 1. The molecule has 0 aliphatic rings. The lowest BCUT2D eigenvalue weighted by Gasteiger charge is -2.07. The Morgan fingerprint density at radius 1 is 1.12 bits per heavy atom. The van der Waals surface area contributed by atoms with E-state index in [-0.39, 0.29) is 12.5 Å². The molecule has 118 valence electrons. The second kappa shape index (κ2) is 5.62. The van der Waals surface area contributed by atoms with Crippen LogP contribution in [0.4, 0.5) is 5.69 Å². The molecule has 24 heavy (non-hydrogen) atoms. The van der Waals surface area contributed by atoms with Crippen molar-refractivity contribution in [2.75, 3.05) is 5.32 Å². The first-order valence-electron chi connectivity index (χ1n) is 7.29. The van der Waals surface area contributed by atoms with E-state index in [1.54, 1.807) is 36.7 Å². The number of fused-ring (bicyclic) bond motifs is 3. The number of nitrogens with zero attached hydrogens (tertiary/aromatic N) is 3. The highest BCUT2D eigenvalue weighted by molar-refractivity contribution is 6.02. The highest BCUT2D eigenvalue weighted by Crippen LogP contribution is 2.22. The van der Waals surface area contributed by atoms with Crippen molar-refractivity contribution < 1.29 is 9.21 Å². The van der Waals surface area contributed by atoms with Crippen molar-refractivity contribution in [2.24, 2.45) is 0 Å². The fraction of sp³-hybridized carbons (Fsp3) is 0.0588. The highest BCUT2D eigenvalue weighted by Gasteiger charge is 2.14. The Hall–Kier alpha value is -3.48. The molecule has 0 atom stereocenters. The van der Waals surface area contributed by atoms with Crippen molar-refractivity contribution in [3.8, 4) is 0 Å². The van der Waals surface area contributed by atoms with Crippen LogP contribution in [-0.4, -0.2) is 20.7 Å². The van der Waals surface area contributed by atoms with Gasteiger partial charge in [0.1, 0.15) is 17.5 Å². The van der Waals surface area contributed by atoms with Crippen LogP contribution in [0.3, 0.4) is 0 Å². The molecule has 1 aromatic carbocycles. The summed E-state index contributed by atoms with van der Waals surface area (Å²) in [5.74, 6) is -0.259. The molecule has 0 bridgehead atoms. The molecule has 0 aliphatic carbocycles. The molecule has 0 radical (unpaired) electrons. The normalized spacial score (nSPS) is 11.0. The van der Waals surface area contributed by atoms with Gasteiger partial charge in [-0.3, -0.25) is 14.5 Å². The first kappa shape index (κ1) is 14.1. The Balaban J connectivity index is 1.75. The zero-order valence-corrected chi connectivity index (χ0v) is 12.5. The van der Waals surface area contributed by atoms with Gasteiger partial charge in [-0.25, -0.2) is 4.79 Å². The fourth-order valence-corrected chi connectivity index (χ4v) is 2.62. The van der Waals surface area contributed by atoms with Gasteiger partial charge in [0.25, 0.3) is 0 Å². The SMILES string of the molecule is O=C(Cn1ncc2c(=O)oc3ccccc3c21)Nc1cccnc1. The van der Waals surface area contributed by atoms with E-state index >= 15 is 0 Å². The monoisotopic (exact) mass is 320 g/mol. The Labute approximate surface area is 135 Å². The second-order valence-electron chi connectivity index (χ2n) is 5.24. The van der Waals surface area contributed by atoms with Crippen LogP contribution in [0.5, 0.6) is 0 Å². The Morgan fingerprint density at radius 3 is 2.83 bits per heavy atom. The smallest absolute Gasteiger partial charge is 0.347 e. The highest BCUT2D eigenvalue weighted by atomic mass is 16.4. The topological polar surface area (TPSA) is 90.0 Å². The van der Waals surface area contributed by atoms with Gasteiger partial charge in [-0.1, -0.05) is 12.1 Å². The van der Waals surface area contributed by atoms with Crippen LogP contribution in [-0.2, 0) is 11.3 Å². The average Bonchev–Trinajstić information content (AvgIpc) is 3.00. The van der Waals surface area contributed by atoms with Gasteiger partial charge < -0.3 is 9.73 Å². The third kappa shape index (κ3) is 2.41. The van der Waals surface area contributed by atoms with E-state index in [2.05, 4.69) is 15.4 Å². The van der Waals surface area contributed by atoms with Crippen molar-refractivity contribution in [2.45, 2.75) is 6.54 Å². The molecule has 1 N–H and O–H groups in total. The van der Waals surface area contributed by atoms with Crippen molar-refractivity contribution in [1.82, 2.24) is 14.8 Å². The number of carbonyl (C=O) groups is 1. The first-order chi connectivity index (χ1) is 11.7. The third-order valence-electron chi connectivity index (χ3n) is 3.64. The number of amides is 1. The third-order valence-corrected chi connectivity index (χ3v) is 3.64. The van der Waals surface area contributed by atoms with Gasteiger partial charge in [-0.2, -0.15) is 5.10 Å². The summed E-state index contributed by atoms with van der Waals surface area (Å²) in [5.41, 5.74) is 1.18. The Kier molecular flexibility index (Phi) is 3.31. The molecule has 0 saturated heterocycles. The van der Waals surface area contributed by atoms with E-state index in [0.717, 1.165) is 5.39 Å². The second-order valence-corrected chi connectivity index (χ2v) is 5.24. The lowest BCUT2D eigenvalue weighted by molar-refractivity contribution is -0.116. The molecule has 0 unspecified atom stereocenters. The Bertz CT molecular complexity index is 1100. The van der Waals surface area contributed by atoms with Crippen LogP contribution >= 0.6 is 0 Å². The van der Waals surface area contributed by atoms with Crippen LogP contribution in [0.25, 0.3) is 21.9 Å². The summed E-state index contributed by atoms with van der Waals surface area (Å²) in [6, 6.07) is 10.6. The summed E-state index contributed by atoms with van der Waals surface area (Å²) in [6.45, 7) is -0.0220. The summed E-state index contributed by atoms with van der Waals surface area (Å²) in [6.07, 6.45) is 4.61. The summed E-state index contributed by atoms with van der Waals surface area (Å²) < 4.78 is 6.77. The summed E-state index contributed by atoms with van der Waals surface area (Å²) in [7, 11) is 0. The van der Waals surface area contributed by atoms with Crippen LogP contribution < -0.4 is 10.9 Å². The minimum Gasteiger partial charge on any atom is -0.422 e. The van der Waals surface area contributed by atoms with E-state index < -0.39 is 5.63 Å². The fourth-order valence-electron chi connectivity index (χ4n) is 2.62. The lowest BCUT2D eigenvalue weighted by Crippen LogP contribution is -2.19. The molecule has 4 rings (SSSR count). The molecule has 4 aromatic rings. The minimum atomic E-state index is -0.470. The van der Waals surface area contributed by atoms with Gasteiger partial charge in [0.05, 0.1) is 23.6 Å². The number of para-hydroxylation sites is 1. The van der Waals surface area contributed by atoms with Crippen LogP contribution in [0.1, 0.15) is 0 Å². The van der Waals surface area contributed by atoms with Gasteiger partial charge in [-0.05, 0) is 24.3 Å². The molecule has 0 aliphatic heterocycles. The van der Waals surface area contributed by atoms with E-state index in [1.807, 2.05) is 12.1 Å². The predicted molar refractivity (Wildman–Crippen MR) is 88.6 cm³/mol. The number of aromatic nitrogens is 3. The maximum absolute atomic E-state index is 12.2. The first-order valence-corrected chi connectivity index (χ1v) is 7.29. The number of hydrogen-bond acceptors (Lipinski definition) is 5. The van der Waals surface area contributed by atoms with Gasteiger partial charge in [0.2, 0.25) is 5.91 Å². The Morgan fingerprint density at radius 2 is 2.00 bits per heavy atom. The van der Waals surface area contributed by atoms with Crippen LogP contribution in [0, 0.1) is 0 Å². The van der Waals surface area contributed by atoms with Crippen molar-refractivity contribution >= 4 is 33.5 Å². The van der Waals surface area contributed by atoms with Crippen molar-refractivity contribution in [3.63, 3.8) is 0 Å². The van der Waals surface area contributed by atoms with Gasteiger partial charge in [0, 0.05) is 11.6 Å². The van der Waals surface area contributed by atoms with Gasteiger partial charge in [0.15, 0.2) is 0 Å². The molecule has 7 nitrogen and oxygen atoms in total. The van der Waals surface area contributed by atoms with Crippen molar-refractivity contribution in [1.29, 1.82) is 0 Å². The summed E-state index contributed by atoms with van der Waals surface area (Å²) >= 11 is 0. The molecule has 7 heteroatoms. The quantitative estimate of drug-likeness (QED) is 0.584. The maximum atomic E-state index is 12.2. The molecular weight excluding hydrogens is 308 g/mol. The van der Waals surface area contributed by atoms with Crippen molar-refractivity contribution in [3.05, 3.63) is 65.4 Å². The molecule has 1 amide bonds. The molecule has 0 spiro atoms. The summed E-state index contributed by atoms with van der Waals surface area (Å²) in [4.78, 5) is 28.2. The maximum Gasteiger partial charge on any atom is 0.347 e. The molecule has 3 aromatic heterocycles. The van der Waals surface area contributed by atoms with Gasteiger partial charge >= 0.3 is 5.63 Å². The van der Waals surface area contributed by atoms with Crippen LogP contribution in [0.15, 0.2) is 64.2 Å². The number of nitrogens with one attached hydrogen (secondary N) is 1. The molecule has 3 heterocycles. The molecular formula is C17H12N4O3. The number of hydrogen-bond donors (Lipinski definition) is 1. The van der Waals surface area contributed by atoms with E-state index in [4.69, 9.17) is 4.42 Å². The molecule has 0 saturated carbocycles. The summed E-state index contributed by atoms with van der Waals surface area (Å²) in [5, 5.41) is 8.00. The number of anilines is 1. The zero-order valence-electron chi connectivity index (χ0n) is 12.5. The van der Waals surface area contributed by atoms with Crippen LogP contribution in [0.2, 0.25) is 0 Å². The largest absolute Gasteiger partial charge is 0.422 e. The number of benzene rings is 1. The lowest BCUT2D eigenvalue weighted by atomic mass is 10.2. The van der Waals surface area contributed by atoms with E-state index in [0.29, 0.717) is 22.2 Å². The number of pyridine rings is 1. The predicted octanol–water partition coefficient (Wildman–Crippen LogP) is 2.18. The zero-order chi connectivity index (χ0) is 16.5. The minimum absolute atomic E-state index is 0.0220. The van der Waals surface area contributed by atoms with Gasteiger partial charge in [-0.15, -0.1) is 0 Å². The molecule has 0 fully saturated rings. The number of rotatable bonds is 3. The van der Waals surface area contributed by atoms with E-state index in [1.165, 1.54) is 10.9 Å².